The van der Waals surface area contributed by atoms with E-state index in [4.69, 9.17) is 0 Å². The zero-order chi connectivity index (χ0) is 18.7. The zero-order valence-electron chi connectivity index (χ0n) is 13.5. The lowest BCUT2D eigenvalue weighted by molar-refractivity contribution is -0.384. The second-order valence-corrected chi connectivity index (χ2v) is 5.56. The standard InChI is InChI=1S/C18H14F2N2O4/c19-18(20)26-16-4-2-1-3-13(16)6-8-17(23)21-10-9-12-5-7-14(22(24)25)11-15(12)21/h1-8,11,18H,9-10H2/b8-6+. The molecule has 26 heavy (non-hydrogen) atoms. The van der Waals surface area contributed by atoms with Crippen LogP contribution in [-0.4, -0.2) is 24.0 Å². The molecule has 8 heteroatoms. The second-order valence-electron chi connectivity index (χ2n) is 5.56. The van der Waals surface area contributed by atoms with Crippen LogP contribution in [0.4, 0.5) is 20.2 Å². The van der Waals surface area contributed by atoms with Gasteiger partial charge in [0.2, 0.25) is 0 Å². The van der Waals surface area contributed by atoms with Crippen LogP contribution in [0.2, 0.25) is 0 Å². The minimum absolute atomic E-state index is 0.0380. The second kappa shape index (κ2) is 7.30. The van der Waals surface area contributed by atoms with Gasteiger partial charge in [-0.3, -0.25) is 14.9 Å². The van der Waals surface area contributed by atoms with Crippen molar-refractivity contribution < 1.29 is 23.2 Å². The topological polar surface area (TPSA) is 72.7 Å². The van der Waals surface area contributed by atoms with E-state index in [2.05, 4.69) is 4.74 Å². The number of hydrogen-bond donors (Lipinski definition) is 0. The number of benzene rings is 2. The number of non-ortho nitro benzene ring substituents is 1. The highest BCUT2D eigenvalue weighted by Crippen LogP contribution is 2.32. The molecule has 0 saturated carbocycles. The van der Waals surface area contributed by atoms with Crippen LogP contribution in [-0.2, 0) is 11.2 Å². The fourth-order valence-corrected chi connectivity index (χ4v) is 2.78. The highest BCUT2D eigenvalue weighted by Gasteiger charge is 2.25. The number of fused-ring (bicyclic) bond motifs is 1. The Labute approximate surface area is 147 Å². The molecule has 0 radical (unpaired) electrons. The largest absolute Gasteiger partial charge is 0.434 e. The Hall–Kier alpha value is -3.29. The average Bonchev–Trinajstić information content (AvgIpc) is 3.03. The Morgan fingerprint density at radius 2 is 2.04 bits per heavy atom. The SMILES string of the molecule is O=C(/C=C/c1ccccc1OC(F)F)N1CCc2ccc([N+](=O)[O-])cc21. The van der Waals surface area contributed by atoms with E-state index >= 15 is 0 Å². The number of hydrogen-bond acceptors (Lipinski definition) is 4. The molecule has 0 spiro atoms. The lowest BCUT2D eigenvalue weighted by atomic mass is 10.1. The number of amides is 1. The number of carbonyl (C=O) groups is 1. The molecule has 1 aliphatic rings. The van der Waals surface area contributed by atoms with E-state index in [1.165, 1.54) is 35.3 Å². The van der Waals surface area contributed by atoms with Gasteiger partial charge in [-0.25, -0.2) is 0 Å². The van der Waals surface area contributed by atoms with Crippen molar-refractivity contribution in [3.8, 4) is 5.75 Å². The van der Waals surface area contributed by atoms with Crippen molar-refractivity contribution in [1.82, 2.24) is 0 Å². The third-order valence-corrected chi connectivity index (χ3v) is 3.98. The van der Waals surface area contributed by atoms with Gasteiger partial charge in [0.15, 0.2) is 0 Å². The Bertz CT molecular complexity index is 883. The number of ether oxygens (including phenoxy) is 1. The molecule has 1 aliphatic heterocycles. The van der Waals surface area contributed by atoms with Gasteiger partial charge in [-0.2, -0.15) is 8.78 Å². The van der Waals surface area contributed by atoms with Crippen molar-refractivity contribution in [1.29, 1.82) is 0 Å². The van der Waals surface area contributed by atoms with Gasteiger partial charge < -0.3 is 9.64 Å². The van der Waals surface area contributed by atoms with Gasteiger partial charge in [0, 0.05) is 30.3 Å². The smallest absolute Gasteiger partial charge is 0.387 e. The van der Waals surface area contributed by atoms with Crippen molar-refractivity contribution in [3.63, 3.8) is 0 Å². The first-order valence-electron chi connectivity index (χ1n) is 7.76. The van der Waals surface area contributed by atoms with Crippen LogP contribution < -0.4 is 9.64 Å². The molecule has 0 bridgehead atoms. The number of anilines is 1. The van der Waals surface area contributed by atoms with Crippen molar-refractivity contribution in [2.45, 2.75) is 13.0 Å². The maximum absolute atomic E-state index is 12.5. The molecule has 0 unspecified atom stereocenters. The number of nitrogens with zero attached hydrogens (tertiary/aromatic N) is 2. The summed E-state index contributed by atoms with van der Waals surface area (Å²) in [5.41, 5.74) is 1.58. The van der Waals surface area contributed by atoms with E-state index in [1.54, 1.807) is 24.3 Å². The maximum Gasteiger partial charge on any atom is 0.387 e. The minimum Gasteiger partial charge on any atom is -0.434 e. The first-order chi connectivity index (χ1) is 12.5. The summed E-state index contributed by atoms with van der Waals surface area (Å²) in [6.07, 6.45) is 3.22. The van der Waals surface area contributed by atoms with E-state index in [-0.39, 0.29) is 11.4 Å². The van der Waals surface area contributed by atoms with Crippen LogP contribution in [0, 0.1) is 10.1 Å². The molecular weight excluding hydrogens is 346 g/mol. The van der Waals surface area contributed by atoms with Crippen LogP contribution in [0.1, 0.15) is 11.1 Å². The van der Waals surface area contributed by atoms with Crippen LogP contribution in [0.5, 0.6) is 5.75 Å². The van der Waals surface area contributed by atoms with Gasteiger partial charge in [-0.05, 0) is 24.1 Å². The third kappa shape index (κ3) is 3.69. The molecule has 0 N–H and O–H groups in total. The Morgan fingerprint density at radius 3 is 2.77 bits per heavy atom. The quantitative estimate of drug-likeness (QED) is 0.462. The van der Waals surface area contributed by atoms with Crippen LogP contribution in [0.15, 0.2) is 48.5 Å². The van der Waals surface area contributed by atoms with Gasteiger partial charge in [0.05, 0.1) is 10.6 Å². The summed E-state index contributed by atoms with van der Waals surface area (Å²) in [5.74, 6) is -0.430. The molecule has 2 aromatic rings. The first kappa shape index (κ1) is 17.5. The number of nitro benzene ring substituents is 1. The Balaban J connectivity index is 1.82. The number of carbonyl (C=O) groups excluding carboxylic acids is 1. The van der Waals surface area contributed by atoms with Gasteiger partial charge in [0.1, 0.15) is 5.75 Å². The summed E-state index contributed by atoms with van der Waals surface area (Å²) in [7, 11) is 0. The predicted octanol–water partition coefficient (Wildman–Crippen LogP) is 3.80. The fraction of sp³-hybridized carbons (Fsp3) is 0.167. The highest BCUT2D eigenvalue weighted by atomic mass is 19.3. The van der Waals surface area contributed by atoms with Crippen LogP contribution in [0.25, 0.3) is 6.08 Å². The third-order valence-electron chi connectivity index (χ3n) is 3.98. The number of halogens is 2. The molecule has 2 aromatic carbocycles. The molecule has 0 saturated heterocycles. The summed E-state index contributed by atoms with van der Waals surface area (Å²) in [6, 6.07) is 10.5. The summed E-state index contributed by atoms with van der Waals surface area (Å²) in [5, 5.41) is 10.9. The molecule has 0 aliphatic carbocycles. The number of para-hydroxylation sites is 1. The highest BCUT2D eigenvalue weighted by molar-refractivity contribution is 6.05. The number of nitro groups is 1. The summed E-state index contributed by atoms with van der Waals surface area (Å²) in [4.78, 5) is 24.3. The normalized spacial score (nSPS) is 13.3. The molecule has 1 heterocycles. The Kier molecular flexibility index (Phi) is 4.92. The molecular formula is C18H14F2N2O4. The maximum atomic E-state index is 12.5. The van der Waals surface area contributed by atoms with Crippen LogP contribution in [0.3, 0.4) is 0 Å². The van der Waals surface area contributed by atoms with Crippen LogP contribution >= 0.6 is 0 Å². The van der Waals surface area contributed by atoms with Gasteiger partial charge in [0.25, 0.3) is 11.6 Å². The molecule has 0 fully saturated rings. The Morgan fingerprint density at radius 1 is 1.27 bits per heavy atom. The van der Waals surface area contributed by atoms with Gasteiger partial charge in [-0.1, -0.05) is 24.3 Å². The molecule has 0 atom stereocenters. The fourth-order valence-electron chi connectivity index (χ4n) is 2.78. The molecule has 3 rings (SSSR count). The average molecular weight is 360 g/mol. The van der Waals surface area contributed by atoms with E-state index in [0.717, 1.165) is 5.56 Å². The van der Waals surface area contributed by atoms with E-state index in [9.17, 15) is 23.7 Å². The number of rotatable bonds is 5. The monoisotopic (exact) mass is 360 g/mol. The van der Waals surface area contributed by atoms with Crippen molar-refractivity contribution >= 4 is 23.4 Å². The number of alkyl halides is 2. The lowest BCUT2D eigenvalue weighted by Gasteiger charge is -2.15. The lowest BCUT2D eigenvalue weighted by Crippen LogP contribution is -2.26. The van der Waals surface area contributed by atoms with Gasteiger partial charge in [-0.15, -0.1) is 0 Å². The molecule has 6 nitrogen and oxygen atoms in total. The molecule has 0 aromatic heterocycles. The summed E-state index contributed by atoms with van der Waals surface area (Å²) in [6.45, 7) is -2.57. The van der Waals surface area contributed by atoms with Crippen molar-refractivity contribution in [2.24, 2.45) is 0 Å². The molecule has 134 valence electrons. The van der Waals surface area contributed by atoms with Crippen molar-refractivity contribution in [3.05, 3.63) is 69.8 Å². The summed E-state index contributed by atoms with van der Waals surface area (Å²) < 4.78 is 29.3. The van der Waals surface area contributed by atoms with Crippen molar-refractivity contribution in [2.75, 3.05) is 11.4 Å². The van der Waals surface area contributed by atoms with E-state index in [1.807, 2.05) is 0 Å². The minimum atomic E-state index is -2.97. The first-order valence-corrected chi connectivity index (χ1v) is 7.76. The van der Waals surface area contributed by atoms with Gasteiger partial charge >= 0.3 is 6.61 Å². The van der Waals surface area contributed by atoms with E-state index < -0.39 is 17.4 Å². The summed E-state index contributed by atoms with van der Waals surface area (Å²) >= 11 is 0. The predicted molar refractivity (Wildman–Crippen MR) is 91.3 cm³/mol. The van der Waals surface area contributed by atoms with E-state index in [0.29, 0.717) is 24.2 Å². The molecule has 1 amide bonds. The zero-order valence-corrected chi connectivity index (χ0v) is 13.5.